The van der Waals surface area contributed by atoms with Crippen LogP contribution in [0.25, 0.3) is 11.5 Å². The van der Waals surface area contributed by atoms with E-state index in [1.165, 1.54) is 0 Å². The maximum atomic E-state index is 5.51. The summed E-state index contributed by atoms with van der Waals surface area (Å²) in [6.45, 7) is 0.514. The van der Waals surface area contributed by atoms with Crippen LogP contribution >= 0.6 is 11.6 Å². The highest BCUT2D eigenvalue weighted by Gasteiger charge is 2.01. The second kappa shape index (κ2) is 4.84. The first kappa shape index (κ1) is 10.1. The van der Waals surface area contributed by atoms with Gasteiger partial charge in [-0.1, -0.05) is 0 Å². The molecule has 0 aliphatic heterocycles. The van der Waals surface area contributed by atoms with E-state index >= 15 is 0 Å². The van der Waals surface area contributed by atoms with Crippen molar-refractivity contribution in [2.45, 2.75) is 0 Å². The molecule has 2 aromatic rings. The Bertz CT molecular complexity index is 397. The van der Waals surface area contributed by atoms with Gasteiger partial charge >= 0.3 is 0 Å². The molecule has 0 aliphatic rings. The Hall–Kier alpha value is -1.48. The molecule has 1 aromatic heterocycles. The van der Waals surface area contributed by atoms with E-state index in [4.69, 9.17) is 20.8 Å². The van der Waals surface area contributed by atoms with Crippen LogP contribution < -0.4 is 4.74 Å². The molecule has 78 valence electrons. The van der Waals surface area contributed by atoms with Gasteiger partial charge in [-0.3, -0.25) is 0 Å². The standard InChI is InChI=1S/C11H10ClNO2/c12-5-7-14-10-3-1-9(2-4-10)11-13-6-8-15-11/h1-4,6,8H,5,7H2. The fraction of sp³-hybridized carbons (Fsp3) is 0.182. The molecule has 0 aliphatic carbocycles. The van der Waals surface area contributed by atoms with Gasteiger partial charge < -0.3 is 9.15 Å². The normalized spacial score (nSPS) is 10.2. The van der Waals surface area contributed by atoms with E-state index in [0.717, 1.165) is 11.3 Å². The number of halogens is 1. The van der Waals surface area contributed by atoms with Gasteiger partial charge in [0.05, 0.1) is 12.1 Å². The maximum Gasteiger partial charge on any atom is 0.225 e. The predicted octanol–water partition coefficient (Wildman–Crippen LogP) is 2.96. The number of hydrogen-bond donors (Lipinski definition) is 0. The largest absolute Gasteiger partial charge is 0.492 e. The van der Waals surface area contributed by atoms with Crippen molar-refractivity contribution in [1.82, 2.24) is 4.98 Å². The average molecular weight is 224 g/mol. The van der Waals surface area contributed by atoms with Crippen molar-refractivity contribution in [3.63, 3.8) is 0 Å². The molecule has 0 N–H and O–H groups in total. The molecule has 0 saturated heterocycles. The van der Waals surface area contributed by atoms with Gasteiger partial charge in [-0.05, 0) is 24.3 Å². The number of rotatable bonds is 4. The van der Waals surface area contributed by atoms with Crippen molar-refractivity contribution in [3.05, 3.63) is 36.7 Å². The lowest BCUT2D eigenvalue weighted by molar-refractivity contribution is 0.343. The van der Waals surface area contributed by atoms with E-state index in [2.05, 4.69) is 4.98 Å². The molecule has 0 bridgehead atoms. The second-order valence-corrected chi connectivity index (χ2v) is 3.28. The number of benzene rings is 1. The Kier molecular flexibility index (Phi) is 3.25. The van der Waals surface area contributed by atoms with Crippen LogP contribution in [0.5, 0.6) is 5.75 Å². The Morgan fingerprint density at radius 1 is 1.27 bits per heavy atom. The fourth-order valence-corrected chi connectivity index (χ4v) is 1.29. The lowest BCUT2D eigenvalue weighted by Gasteiger charge is -2.03. The second-order valence-electron chi connectivity index (χ2n) is 2.90. The van der Waals surface area contributed by atoms with Crippen LogP contribution in [-0.2, 0) is 0 Å². The number of alkyl halides is 1. The molecular formula is C11H10ClNO2. The van der Waals surface area contributed by atoms with Gasteiger partial charge in [0, 0.05) is 5.56 Å². The monoisotopic (exact) mass is 223 g/mol. The van der Waals surface area contributed by atoms with Gasteiger partial charge in [-0.15, -0.1) is 11.6 Å². The highest BCUT2D eigenvalue weighted by molar-refractivity contribution is 6.18. The molecule has 15 heavy (non-hydrogen) atoms. The van der Waals surface area contributed by atoms with Crippen LogP contribution in [0, 0.1) is 0 Å². The van der Waals surface area contributed by atoms with Gasteiger partial charge in [0.1, 0.15) is 18.6 Å². The average Bonchev–Trinajstić information content (AvgIpc) is 2.80. The molecular weight excluding hydrogens is 214 g/mol. The summed E-state index contributed by atoms with van der Waals surface area (Å²) in [7, 11) is 0. The molecule has 0 atom stereocenters. The lowest BCUT2D eigenvalue weighted by Crippen LogP contribution is -1.97. The van der Waals surface area contributed by atoms with Crippen molar-refractivity contribution in [2.24, 2.45) is 0 Å². The first-order chi connectivity index (χ1) is 7.40. The van der Waals surface area contributed by atoms with Crippen LogP contribution in [-0.4, -0.2) is 17.5 Å². The van der Waals surface area contributed by atoms with Crippen LogP contribution in [0.1, 0.15) is 0 Å². The third kappa shape index (κ3) is 2.50. The molecule has 2 rings (SSSR count). The van der Waals surface area contributed by atoms with E-state index in [-0.39, 0.29) is 0 Å². The summed E-state index contributed by atoms with van der Waals surface area (Å²) in [5.41, 5.74) is 0.929. The zero-order chi connectivity index (χ0) is 10.5. The first-order valence-corrected chi connectivity index (χ1v) is 5.12. The molecule has 0 saturated carbocycles. The van der Waals surface area contributed by atoms with Crippen LogP contribution in [0.15, 0.2) is 41.1 Å². The van der Waals surface area contributed by atoms with Gasteiger partial charge in [-0.25, -0.2) is 4.98 Å². The van der Waals surface area contributed by atoms with Gasteiger partial charge in [0.15, 0.2) is 0 Å². The van der Waals surface area contributed by atoms with Crippen LogP contribution in [0.4, 0.5) is 0 Å². The van der Waals surface area contributed by atoms with E-state index in [0.29, 0.717) is 18.4 Å². The summed E-state index contributed by atoms with van der Waals surface area (Å²) in [5, 5.41) is 0. The van der Waals surface area contributed by atoms with Crippen molar-refractivity contribution >= 4 is 11.6 Å². The van der Waals surface area contributed by atoms with Crippen molar-refractivity contribution in [1.29, 1.82) is 0 Å². The Balaban J connectivity index is 2.11. The number of hydrogen-bond acceptors (Lipinski definition) is 3. The SMILES string of the molecule is ClCCOc1ccc(-c2ncco2)cc1. The highest BCUT2D eigenvalue weighted by atomic mass is 35.5. The molecule has 0 amide bonds. The molecule has 0 spiro atoms. The number of ether oxygens (including phenoxy) is 1. The molecule has 0 radical (unpaired) electrons. The minimum atomic E-state index is 0.488. The minimum absolute atomic E-state index is 0.488. The van der Waals surface area contributed by atoms with E-state index in [1.807, 2.05) is 24.3 Å². The van der Waals surface area contributed by atoms with E-state index in [9.17, 15) is 0 Å². The van der Waals surface area contributed by atoms with Gasteiger partial charge in [0.25, 0.3) is 0 Å². The summed E-state index contributed by atoms with van der Waals surface area (Å²) in [6.07, 6.45) is 3.17. The van der Waals surface area contributed by atoms with Crippen molar-refractivity contribution < 1.29 is 9.15 Å². The number of aromatic nitrogens is 1. The predicted molar refractivity (Wildman–Crippen MR) is 58.2 cm³/mol. The van der Waals surface area contributed by atoms with Gasteiger partial charge in [-0.2, -0.15) is 0 Å². The van der Waals surface area contributed by atoms with Crippen LogP contribution in [0.2, 0.25) is 0 Å². The summed E-state index contributed by atoms with van der Waals surface area (Å²) >= 11 is 5.51. The van der Waals surface area contributed by atoms with Gasteiger partial charge in [0.2, 0.25) is 5.89 Å². The van der Waals surface area contributed by atoms with E-state index < -0.39 is 0 Å². The maximum absolute atomic E-state index is 5.51. The molecule has 4 heteroatoms. The van der Waals surface area contributed by atoms with Crippen molar-refractivity contribution in [2.75, 3.05) is 12.5 Å². The highest BCUT2D eigenvalue weighted by Crippen LogP contribution is 2.20. The first-order valence-electron chi connectivity index (χ1n) is 4.59. The zero-order valence-electron chi connectivity index (χ0n) is 8.02. The Morgan fingerprint density at radius 2 is 2.07 bits per heavy atom. The minimum Gasteiger partial charge on any atom is -0.492 e. The smallest absolute Gasteiger partial charge is 0.225 e. The summed E-state index contributed by atoms with van der Waals surface area (Å²) in [6, 6.07) is 7.53. The Labute approximate surface area is 92.6 Å². The summed E-state index contributed by atoms with van der Waals surface area (Å²) in [5.74, 6) is 1.89. The summed E-state index contributed by atoms with van der Waals surface area (Å²) < 4.78 is 10.5. The number of oxazole rings is 1. The topological polar surface area (TPSA) is 35.3 Å². The fourth-order valence-electron chi connectivity index (χ4n) is 1.22. The third-order valence-electron chi connectivity index (χ3n) is 1.88. The molecule has 3 nitrogen and oxygen atoms in total. The van der Waals surface area contributed by atoms with E-state index in [1.54, 1.807) is 12.5 Å². The summed E-state index contributed by atoms with van der Waals surface area (Å²) in [4.78, 5) is 4.05. The van der Waals surface area contributed by atoms with Crippen molar-refractivity contribution in [3.8, 4) is 17.2 Å². The molecule has 1 aromatic carbocycles. The lowest BCUT2D eigenvalue weighted by atomic mass is 10.2. The number of nitrogens with zero attached hydrogens (tertiary/aromatic N) is 1. The Morgan fingerprint density at radius 3 is 2.67 bits per heavy atom. The van der Waals surface area contributed by atoms with Crippen LogP contribution in [0.3, 0.4) is 0 Å². The zero-order valence-corrected chi connectivity index (χ0v) is 8.78. The molecule has 0 unspecified atom stereocenters. The molecule has 1 heterocycles. The third-order valence-corrected chi connectivity index (χ3v) is 2.03. The molecule has 0 fully saturated rings. The quantitative estimate of drug-likeness (QED) is 0.748.